The van der Waals surface area contributed by atoms with Crippen molar-refractivity contribution in [2.45, 2.75) is 63.5 Å². The first-order valence-corrected chi connectivity index (χ1v) is 8.81. The third-order valence-electron chi connectivity index (χ3n) is 5.77. The second-order valence-corrected chi connectivity index (χ2v) is 7.25. The van der Waals surface area contributed by atoms with Crippen molar-refractivity contribution in [1.82, 2.24) is 10.2 Å². The normalized spacial score (nSPS) is 32.0. The number of piperidine rings is 1. The quantitative estimate of drug-likeness (QED) is 0.789. The van der Waals surface area contributed by atoms with Crippen LogP contribution in [0.3, 0.4) is 0 Å². The minimum Gasteiger partial charge on any atom is -0.469 e. The maximum atomic E-state index is 12.0. The van der Waals surface area contributed by atoms with Crippen molar-refractivity contribution in [3.05, 3.63) is 0 Å². The minimum absolute atomic E-state index is 0.0216. The molecular formula is C17H30N2O2. The van der Waals surface area contributed by atoms with Gasteiger partial charge in [0.15, 0.2) is 0 Å². The van der Waals surface area contributed by atoms with Gasteiger partial charge in [-0.05, 0) is 44.6 Å². The van der Waals surface area contributed by atoms with Crippen molar-refractivity contribution in [3.63, 3.8) is 0 Å². The van der Waals surface area contributed by atoms with Gasteiger partial charge in [-0.1, -0.05) is 19.3 Å². The molecule has 2 aliphatic carbocycles. The van der Waals surface area contributed by atoms with Crippen LogP contribution in [0, 0.1) is 11.8 Å². The highest BCUT2D eigenvalue weighted by Crippen LogP contribution is 2.30. The lowest BCUT2D eigenvalue weighted by atomic mass is 9.86. The predicted octanol–water partition coefficient (Wildman–Crippen LogP) is 2.18. The van der Waals surface area contributed by atoms with Gasteiger partial charge < -0.3 is 10.1 Å². The Labute approximate surface area is 128 Å². The molecule has 1 heterocycles. The monoisotopic (exact) mass is 294 g/mol. The van der Waals surface area contributed by atoms with E-state index in [1.54, 1.807) is 0 Å². The van der Waals surface area contributed by atoms with Gasteiger partial charge in [-0.25, -0.2) is 0 Å². The number of methoxy groups -OCH3 is 1. The van der Waals surface area contributed by atoms with Gasteiger partial charge in [-0.15, -0.1) is 0 Å². The van der Waals surface area contributed by atoms with Gasteiger partial charge in [0.1, 0.15) is 0 Å². The minimum atomic E-state index is -0.0216. The Balaban J connectivity index is 1.54. The number of ether oxygens (including phenoxy) is 1. The maximum Gasteiger partial charge on any atom is 0.310 e. The van der Waals surface area contributed by atoms with Crippen LogP contribution in [0.15, 0.2) is 0 Å². The molecule has 0 radical (unpaired) electrons. The summed E-state index contributed by atoms with van der Waals surface area (Å²) >= 11 is 0. The number of nitrogens with zero attached hydrogens (tertiary/aromatic N) is 1. The number of hydrogen-bond donors (Lipinski definition) is 1. The summed E-state index contributed by atoms with van der Waals surface area (Å²) in [5.74, 6) is 0.901. The summed E-state index contributed by atoms with van der Waals surface area (Å²) in [5, 5.41) is 3.76. The molecule has 2 atom stereocenters. The molecule has 0 aromatic heterocycles. The van der Waals surface area contributed by atoms with Gasteiger partial charge in [0.05, 0.1) is 13.0 Å². The van der Waals surface area contributed by atoms with E-state index in [1.165, 1.54) is 52.1 Å². The fraction of sp³-hybridized carbons (Fsp3) is 0.941. The fourth-order valence-corrected chi connectivity index (χ4v) is 4.22. The average Bonchev–Trinajstić information content (AvgIpc) is 2.95. The van der Waals surface area contributed by atoms with Crippen molar-refractivity contribution >= 4 is 5.97 Å². The number of nitrogens with one attached hydrogen (secondary N) is 1. The van der Waals surface area contributed by atoms with E-state index in [0.29, 0.717) is 12.1 Å². The lowest BCUT2D eigenvalue weighted by Crippen LogP contribution is -2.56. The first-order valence-electron chi connectivity index (χ1n) is 8.81. The zero-order valence-corrected chi connectivity index (χ0v) is 13.4. The number of carbonyl (C=O) groups excluding carboxylic acids is 1. The molecule has 3 fully saturated rings. The Morgan fingerprint density at radius 1 is 1.14 bits per heavy atom. The molecule has 120 valence electrons. The van der Waals surface area contributed by atoms with Crippen molar-refractivity contribution in [1.29, 1.82) is 0 Å². The van der Waals surface area contributed by atoms with E-state index in [9.17, 15) is 4.79 Å². The third kappa shape index (κ3) is 3.78. The molecule has 0 amide bonds. The zero-order chi connectivity index (χ0) is 14.7. The Morgan fingerprint density at radius 2 is 1.90 bits per heavy atom. The molecule has 0 aromatic carbocycles. The summed E-state index contributed by atoms with van der Waals surface area (Å²) < 4.78 is 5.00. The highest BCUT2D eigenvalue weighted by molar-refractivity contribution is 5.72. The summed E-state index contributed by atoms with van der Waals surface area (Å²) in [6, 6.07) is 1.18. The predicted molar refractivity (Wildman–Crippen MR) is 83.1 cm³/mol. The van der Waals surface area contributed by atoms with E-state index in [-0.39, 0.29) is 11.9 Å². The lowest BCUT2D eigenvalue weighted by molar-refractivity contribution is -0.148. The number of rotatable bonds is 5. The van der Waals surface area contributed by atoms with E-state index >= 15 is 0 Å². The highest BCUT2D eigenvalue weighted by Gasteiger charge is 2.37. The molecule has 0 aromatic rings. The summed E-state index contributed by atoms with van der Waals surface area (Å²) in [5.41, 5.74) is 0. The molecule has 0 spiro atoms. The topological polar surface area (TPSA) is 41.6 Å². The molecular weight excluding hydrogens is 264 g/mol. The largest absolute Gasteiger partial charge is 0.469 e. The van der Waals surface area contributed by atoms with E-state index < -0.39 is 0 Å². The first kappa shape index (κ1) is 15.3. The van der Waals surface area contributed by atoms with Crippen molar-refractivity contribution < 1.29 is 9.53 Å². The van der Waals surface area contributed by atoms with Crippen LogP contribution in [0.5, 0.6) is 0 Å². The number of esters is 1. The van der Waals surface area contributed by atoms with E-state index in [0.717, 1.165) is 32.0 Å². The number of likely N-dealkylation sites (tertiary alicyclic amines) is 1. The Kier molecular flexibility index (Phi) is 5.17. The van der Waals surface area contributed by atoms with Crippen LogP contribution < -0.4 is 5.32 Å². The Morgan fingerprint density at radius 3 is 2.52 bits per heavy atom. The number of carbonyl (C=O) groups is 1. The lowest BCUT2D eigenvalue weighted by Gasteiger charge is -2.44. The Hall–Kier alpha value is -0.610. The van der Waals surface area contributed by atoms with E-state index in [2.05, 4.69) is 10.2 Å². The standard InChI is InChI=1S/C17H30N2O2/c1-21-17(20)14-9-15(18-10-13-5-2-3-6-13)12-19(11-14)16-7-4-8-16/h13-16,18H,2-12H2,1H3. The molecule has 1 N–H and O–H groups in total. The van der Waals surface area contributed by atoms with Crippen LogP contribution in [0.2, 0.25) is 0 Å². The van der Waals surface area contributed by atoms with Crippen LogP contribution >= 0.6 is 0 Å². The molecule has 4 heteroatoms. The third-order valence-corrected chi connectivity index (χ3v) is 5.77. The van der Waals surface area contributed by atoms with E-state index in [1.807, 2.05) is 0 Å². The van der Waals surface area contributed by atoms with Crippen molar-refractivity contribution in [3.8, 4) is 0 Å². The molecule has 1 saturated heterocycles. The molecule has 3 aliphatic rings. The summed E-state index contributed by atoms with van der Waals surface area (Å²) in [4.78, 5) is 14.5. The van der Waals surface area contributed by atoms with Gasteiger partial charge in [-0.3, -0.25) is 9.69 Å². The van der Waals surface area contributed by atoms with Gasteiger partial charge in [0.2, 0.25) is 0 Å². The Bertz CT molecular complexity index is 351. The van der Waals surface area contributed by atoms with Crippen molar-refractivity contribution in [2.75, 3.05) is 26.7 Å². The summed E-state index contributed by atoms with van der Waals surface area (Å²) in [6.45, 7) is 3.15. The molecule has 2 unspecified atom stereocenters. The summed E-state index contributed by atoms with van der Waals surface area (Å²) in [6.07, 6.45) is 10.5. The maximum absolute atomic E-state index is 12.0. The van der Waals surface area contributed by atoms with Gasteiger partial charge in [0, 0.05) is 25.2 Å². The van der Waals surface area contributed by atoms with Crippen LogP contribution in [-0.4, -0.2) is 49.7 Å². The van der Waals surface area contributed by atoms with Crippen molar-refractivity contribution in [2.24, 2.45) is 11.8 Å². The second kappa shape index (κ2) is 7.10. The van der Waals surface area contributed by atoms with Gasteiger partial charge in [0.25, 0.3) is 0 Å². The molecule has 2 saturated carbocycles. The number of hydrogen-bond acceptors (Lipinski definition) is 4. The molecule has 1 aliphatic heterocycles. The molecule has 4 nitrogen and oxygen atoms in total. The fourth-order valence-electron chi connectivity index (χ4n) is 4.22. The average molecular weight is 294 g/mol. The second-order valence-electron chi connectivity index (χ2n) is 7.25. The highest BCUT2D eigenvalue weighted by atomic mass is 16.5. The van der Waals surface area contributed by atoms with Crippen LogP contribution in [0.1, 0.15) is 51.4 Å². The zero-order valence-electron chi connectivity index (χ0n) is 13.4. The van der Waals surface area contributed by atoms with Crippen LogP contribution in [-0.2, 0) is 9.53 Å². The van der Waals surface area contributed by atoms with Crippen LogP contribution in [0.4, 0.5) is 0 Å². The van der Waals surface area contributed by atoms with Gasteiger partial charge >= 0.3 is 5.97 Å². The van der Waals surface area contributed by atoms with Gasteiger partial charge in [-0.2, -0.15) is 0 Å². The molecule has 3 rings (SSSR count). The van der Waals surface area contributed by atoms with Crippen LogP contribution in [0.25, 0.3) is 0 Å². The van der Waals surface area contributed by atoms with E-state index in [4.69, 9.17) is 4.74 Å². The molecule has 0 bridgehead atoms. The SMILES string of the molecule is COC(=O)C1CC(NCC2CCCC2)CN(C2CCC2)C1. The smallest absolute Gasteiger partial charge is 0.310 e. The first-order chi connectivity index (χ1) is 10.3. The summed E-state index contributed by atoms with van der Waals surface area (Å²) in [7, 11) is 1.52. The molecule has 21 heavy (non-hydrogen) atoms.